The monoisotopic (exact) mass is 332 g/mol. The predicted molar refractivity (Wildman–Crippen MR) is 87.2 cm³/mol. The van der Waals surface area contributed by atoms with Crippen molar-refractivity contribution in [3.63, 3.8) is 0 Å². The summed E-state index contributed by atoms with van der Waals surface area (Å²) in [6.45, 7) is 7.16. The molecular formula is C17H32O6. The van der Waals surface area contributed by atoms with E-state index in [-0.39, 0.29) is 25.4 Å². The van der Waals surface area contributed by atoms with E-state index in [1.54, 1.807) is 0 Å². The number of carbonyl (C=O) groups excluding carboxylic acids is 2. The Labute approximate surface area is 139 Å². The molecule has 0 rings (SSSR count). The predicted octanol–water partition coefficient (Wildman–Crippen LogP) is 2.88. The third-order valence-corrected chi connectivity index (χ3v) is 3.00. The molecule has 0 aromatic carbocycles. The fourth-order valence-corrected chi connectivity index (χ4v) is 1.61. The average Bonchev–Trinajstić information content (AvgIpc) is 2.55. The molecule has 0 radical (unpaired) electrons. The summed E-state index contributed by atoms with van der Waals surface area (Å²) in [6, 6.07) is 0. The van der Waals surface area contributed by atoms with E-state index in [0.717, 1.165) is 32.3 Å². The molecule has 0 heterocycles. The molecule has 0 atom stereocenters. The fourth-order valence-electron chi connectivity index (χ4n) is 1.61. The summed E-state index contributed by atoms with van der Waals surface area (Å²) in [5.74, 6) is -0.779. The zero-order chi connectivity index (χ0) is 17.2. The number of rotatable bonds is 16. The molecule has 0 unspecified atom stereocenters. The largest absolute Gasteiger partial charge is 0.466 e. The number of carbonyl (C=O) groups is 2. The van der Waals surface area contributed by atoms with E-state index < -0.39 is 5.97 Å². The van der Waals surface area contributed by atoms with Crippen LogP contribution in [0.15, 0.2) is 0 Å². The average molecular weight is 332 g/mol. The van der Waals surface area contributed by atoms with Crippen molar-refractivity contribution in [2.24, 2.45) is 0 Å². The quantitative estimate of drug-likeness (QED) is 0.320. The maximum atomic E-state index is 11.4. The molecule has 0 saturated carbocycles. The third kappa shape index (κ3) is 17.1. The molecular weight excluding hydrogens is 300 g/mol. The van der Waals surface area contributed by atoms with Crippen LogP contribution in [-0.4, -0.2) is 51.6 Å². The Morgan fingerprint density at radius 3 is 1.65 bits per heavy atom. The maximum absolute atomic E-state index is 11.4. The van der Waals surface area contributed by atoms with Gasteiger partial charge in [-0.15, -0.1) is 0 Å². The van der Waals surface area contributed by atoms with E-state index in [1.807, 2.05) is 0 Å². The van der Waals surface area contributed by atoms with E-state index in [4.69, 9.17) is 18.9 Å². The molecule has 0 aliphatic rings. The topological polar surface area (TPSA) is 71.1 Å². The lowest BCUT2D eigenvalue weighted by Gasteiger charge is -2.07. The molecule has 0 amide bonds. The van der Waals surface area contributed by atoms with Crippen LogP contribution >= 0.6 is 0 Å². The van der Waals surface area contributed by atoms with Crippen LogP contribution in [0.1, 0.15) is 58.8 Å². The minimum absolute atomic E-state index is 0.0425. The standard InChI is InChI=1S/C17H32O6/c1-3-5-10-20-12-7-13-22-16(18)8-9-17(19)23-15-14-21-11-6-4-2/h3-15H2,1-2H3. The second-order valence-corrected chi connectivity index (χ2v) is 5.23. The van der Waals surface area contributed by atoms with Gasteiger partial charge in [0.15, 0.2) is 0 Å². The van der Waals surface area contributed by atoms with Crippen LogP contribution in [-0.2, 0) is 28.5 Å². The first kappa shape index (κ1) is 21.9. The van der Waals surface area contributed by atoms with Crippen LogP contribution in [0.5, 0.6) is 0 Å². The van der Waals surface area contributed by atoms with Gasteiger partial charge in [0.2, 0.25) is 0 Å². The molecule has 0 spiro atoms. The van der Waals surface area contributed by atoms with Crippen LogP contribution in [0.3, 0.4) is 0 Å². The first-order valence-corrected chi connectivity index (χ1v) is 8.67. The molecule has 0 saturated heterocycles. The van der Waals surface area contributed by atoms with Crippen molar-refractivity contribution in [3.05, 3.63) is 0 Å². The van der Waals surface area contributed by atoms with Crippen molar-refractivity contribution >= 4 is 11.9 Å². The summed E-state index contributed by atoms with van der Waals surface area (Å²) in [6.07, 6.45) is 5.00. The second-order valence-electron chi connectivity index (χ2n) is 5.23. The van der Waals surface area contributed by atoms with Gasteiger partial charge in [-0.2, -0.15) is 0 Å². The molecule has 6 nitrogen and oxygen atoms in total. The molecule has 23 heavy (non-hydrogen) atoms. The smallest absolute Gasteiger partial charge is 0.306 e. The number of hydrogen-bond acceptors (Lipinski definition) is 6. The summed E-state index contributed by atoms with van der Waals surface area (Å²) in [4.78, 5) is 22.8. The van der Waals surface area contributed by atoms with Gasteiger partial charge in [-0.25, -0.2) is 0 Å². The summed E-state index contributed by atoms with van der Waals surface area (Å²) in [5.41, 5.74) is 0. The number of esters is 2. The SMILES string of the molecule is CCCCOCCCOC(=O)CCC(=O)OCCOCCCC. The fraction of sp³-hybridized carbons (Fsp3) is 0.882. The summed E-state index contributed by atoms with van der Waals surface area (Å²) in [5, 5.41) is 0. The van der Waals surface area contributed by atoms with E-state index in [9.17, 15) is 9.59 Å². The molecule has 0 N–H and O–H groups in total. The summed E-state index contributed by atoms with van der Waals surface area (Å²) < 4.78 is 20.6. The Balaban J connectivity index is 3.35. The summed E-state index contributed by atoms with van der Waals surface area (Å²) >= 11 is 0. The Morgan fingerprint density at radius 2 is 1.09 bits per heavy atom. The molecule has 0 aliphatic carbocycles. The summed E-state index contributed by atoms with van der Waals surface area (Å²) in [7, 11) is 0. The molecule has 136 valence electrons. The first-order chi connectivity index (χ1) is 11.2. The van der Waals surface area contributed by atoms with Gasteiger partial charge >= 0.3 is 11.9 Å². The maximum Gasteiger partial charge on any atom is 0.306 e. The van der Waals surface area contributed by atoms with Crippen molar-refractivity contribution in [2.45, 2.75) is 58.8 Å². The van der Waals surface area contributed by atoms with E-state index in [2.05, 4.69) is 13.8 Å². The van der Waals surface area contributed by atoms with Crippen molar-refractivity contribution in [1.82, 2.24) is 0 Å². The van der Waals surface area contributed by atoms with E-state index in [1.165, 1.54) is 0 Å². The van der Waals surface area contributed by atoms with Gasteiger partial charge in [-0.3, -0.25) is 9.59 Å². The van der Waals surface area contributed by atoms with Gasteiger partial charge in [0, 0.05) is 26.2 Å². The first-order valence-electron chi connectivity index (χ1n) is 8.67. The van der Waals surface area contributed by atoms with Crippen LogP contribution in [0, 0.1) is 0 Å². The molecule has 6 heteroatoms. The van der Waals surface area contributed by atoms with Crippen molar-refractivity contribution in [1.29, 1.82) is 0 Å². The minimum Gasteiger partial charge on any atom is -0.466 e. The van der Waals surface area contributed by atoms with Crippen molar-refractivity contribution < 1.29 is 28.5 Å². The van der Waals surface area contributed by atoms with Gasteiger partial charge in [-0.05, 0) is 12.8 Å². The Bertz CT molecular complexity index is 293. The number of ether oxygens (including phenoxy) is 4. The van der Waals surface area contributed by atoms with Gasteiger partial charge in [0.05, 0.1) is 26.1 Å². The zero-order valence-corrected chi connectivity index (χ0v) is 14.6. The number of hydrogen-bond donors (Lipinski definition) is 0. The Morgan fingerprint density at radius 1 is 0.609 bits per heavy atom. The third-order valence-electron chi connectivity index (χ3n) is 3.00. The lowest BCUT2D eigenvalue weighted by atomic mass is 10.3. The van der Waals surface area contributed by atoms with Gasteiger partial charge in [-0.1, -0.05) is 26.7 Å². The highest BCUT2D eigenvalue weighted by molar-refractivity contribution is 5.77. The van der Waals surface area contributed by atoms with Crippen molar-refractivity contribution in [2.75, 3.05) is 39.6 Å². The highest BCUT2D eigenvalue weighted by Crippen LogP contribution is 1.98. The lowest BCUT2D eigenvalue weighted by molar-refractivity contribution is -0.151. The lowest BCUT2D eigenvalue weighted by Crippen LogP contribution is -2.14. The molecule has 0 aromatic heterocycles. The highest BCUT2D eigenvalue weighted by atomic mass is 16.6. The zero-order valence-electron chi connectivity index (χ0n) is 14.6. The Kier molecular flexibility index (Phi) is 16.4. The van der Waals surface area contributed by atoms with Crippen LogP contribution in [0.25, 0.3) is 0 Å². The van der Waals surface area contributed by atoms with E-state index >= 15 is 0 Å². The van der Waals surface area contributed by atoms with E-state index in [0.29, 0.717) is 32.8 Å². The van der Waals surface area contributed by atoms with Gasteiger partial charge in [0.25, 0.3) is 0 Å². The molecule has 0 aliphatic heterocycles. The van der Waals surface area contributed by atoms with Gasteiger partial charge in [0.1, 0.15) is 6.61 Å². The number of unbranched alkanes of at least 4 members (excludes halogenated alkanes) is 2. The van der Waals surface area contributed by atoms with Crippen LogP contribution in [0.2, 0.25) is 0 Å². The Hall–Kier alpha value is -1.14. The van der Waals surface area contributed by atoms with Crippen LogP contribution < -0.4 is 0 Å². The molecule has 0 fully saturated rings. The normalized spacial score (nSPS) is 10.5. The van der Waals surface area contributed by atoms with Crippen molar-refractivity contribution in [3.8, 4) is 0 Å². The molecule has 0 aromatic rings. The minimum atomic E-state index is -0.399. The molecule has 0 bridgehead atoms. The van der Waals surface area contributed by atoms with Gasteiger partial charge < -0.3 is 18.9 Å². The van der Waals surface area contributed by atoms with Crippen LogP contribution in [0.4, 0.5) is 0 Å². The highest BCUT2D eigenvalue weighted by Gasteiger charge is 2.09. The second kappa shape index (κ2) is 17.2.